The Morgan fingerprint density at radius 3 is 2.47 bits per heavy atom. The van der Waals surface area contributed by atoms with E-state index >= 15 is 0 Å². The third kappa shape index (κ3) is 4.21. The van der Waals surface area contributed by atoms with Crippen LogP contribution in [-0.2, 0) is 0 Å². The van der Waals surface area contributed by atoms with Gasteiger partial charge in [0.2, 0.25) is 0 Å². The second-order valence-electron chi connectivity index (χ2n) is 4.46. The van der Waals surface area contributed by atoms with Crippen LogP contribution in [0.3, 0.4) is 0 Å². The summed E-state index contributed by atoms with van der Waals surface area (Å²) in [5, 5.41) is 9.20. The molecule has 2 nitrogen and oxygen atoms in total. The van der Waals surface area contributed by atoms with Crippen LogP contribution in [0.15, 0.2) is 47.4 Å². The fourth-order valence-corrected chi connectivity index (χ4v) is 2.55. The van der Waals surface area contributed by atoms with Gasteiger partial charge in [-0.2, -0.15) is 0 Å². The van der Waals surface area contributed by atoms with Crippen molar-refractivity contribution in [3.05, 3.63) is 53.6 Å². The number of benzene rings is 2. The first-order chi connectivity index (χ1) is 9.15. The van der Waals surface area contributed by atoms with Crippen molar-refractivity contribution in [1.29, 1.82) is 0 Å². The van der Waals surface area contributed by atoms with E-state index in [9.17, 15) is 5.11 Å². The molecule has 2 rings (SSSR count). The van der Waals surface area contributed by atoms with Crippen molar-refractivity contribution in [1.82, 2.24) is 0 Å². The van der Waals surface area contributed by atoms with Gasteiger partial charge in [0, 0.05) is 10.6 Å². The Morgan fingerprint density at radius 1 is 1.05 bits per heavy atom. The van der Waals surface area contributed by atoms with Crippen LogP contribution >= 0.6 is 11.8 Å². The number of aryl methyl sites for hydroxylation is 2. The normalized spacial score (nSPS) is 10.4. The molecule has 0 saturated carbocycles. The third-order valence-corrected chi connectivity index (χ3v) is 3.75. The zero-order valence-electron chi connectivity index (χ0n) is 11.2. The molecule has 100 valence electrons. The molecule has 19 heavy (non-hydrogen) atoms. The summed E-state index contributed by atoms with van der Waals surface area (Å²) < 4.78 is 5.77. The van der Waals surface area contributed by atoms with Crippen molar-refractivity contribution in [2.24, 2.45) is 0 Å². The van der Waals surface area contributed by atoms with E-state index in [2.05, 4.69) is 26.0 Å². The molecule has 0 atom stereocenters. The molecule has 0 aliphatic carbocycles. The van der Waals surface area contributed by atoms with Crippen LogP contribution in [0.5, 0.6) is 11.5 Å². The smallest absolute Gasteiger partial charge is 0.122 e. The molecule has 0 radical (unpaired) electrons. The maximum atomic E-state index is 9.20. The van der Waals surface area contributed by atoms with E-state index in [1.165, 1.54) is 11.1 Å². The van der Waals surface area contributed by atoms with Crippen molar-refractivity contribution in [2.45, 2.75) is 18.7 Å². The van der Waals surface area contributed by atoms with Crippen LogP contribution in [0.25, 0.3) is 0 Å². The molecule has 0 aliphatic rings. The summed E-state index contributed by atoms with van der Waals surface area (Å²) in [5.74, 6) is 2.14. The lowest BCUT2D eigenvalue weighted by Gasteiger charge is -2.09. The van der Waals surface area contributed by atoms with Crippen LogP contribution < -0.4 is 4.74 Å². The first kappa shape index (κ1) is 13.8. The number of phenols is 1. The molecule has 0 unspecified atom stereocenters. The Hall–Kier alpha value is -1.61. The Labute approximate surface area is 118 Å². The number of ether oxygens (including phenoxy) is 1. The summed E-state index contributed by atoms with van der Waals surface area (Å²) in [6.45, 7) is 4.82. The van der Waals surface area contributed by atoms with E-state index in [1.807, 2.05) is 18.2 Å². The quantitative estimate of drug-likeness (QED) is 0.655. The Balaban J connectivity index is 1.79. The fraction of sp³-hybridized carbons (Fsp3) is 0.250. The van der Waals surface area contributed by atoms with E-state index in [4.69, 9.17) is 4.74 Å². The molecule has 0 aliphatic heterocycles. The highest BCUT2D eigenvalue weighted by Crippen LogP contribution is 2.22. The van der Waals surface area contributed by atoms with Gasteiger partial charge in [-0.05, 0) is 49.7 Å². The van der Waals surface area contributed by atoms with Gasteiger partial charge in [0.25, 0.3) is 0 Å². The highest BCUT2D eigenvalue weighted by molar-refractivity contribution is 7.99. The lowest BCUT2D eigenvalue weighted by Crippen LogP contribution is -2.01. The van der Waals surface area contributed by atoms with Gasteiger partial charge in [0.1, 0.15) is 11.5 Å². The summed E-state index contributed by atoms with van der Waals surface area (Å²) in [6.07, 6.45) is 0. The third-order valence-electron chi connectivity index (χ3n) is 2.78. The number of hydrogen-bond donors (Lipinski definition) is 1. The predicted molar refractivity (Wildman–Crippen MR) is 80.2 cm³/mol. The summed E-state index contributed by atoms with van der Waals surface area (Å²) >= 11 is 1.72. The molecular formula is C16H18O2S. The maximum Gasteiger partial charge on any atom is 0.122 e. The molecule has 0 heterocycles. The predicted octanol–water partition coefficient (Wildman–Crippen LogP) is 4.18. The largest absolute Gasteiger partial charge is 0.508 e. The van der Waals surface area contributed by atoms with Crippen LogP contribution in [0, 0.1) is 13.8 Å². The van der Waals surface area contributed by atoms with Gasteiger partial charge in [-0.3, -0.25) is 0 Å². The SMILES string of the molecule is Cc1ccc(OCCSc2ccc(O)cc2)c(C)c1. The topological polar surface area (TPSA) is 29.5 Å². The minimum Gasteiger partial charge on any atom is -0.508 e. The molecule has 0 aromatic heterocycles. The Morgan fingerprint density at radius 2 is 1.79 bits per heavy atom. The van der Waals surface area contributed by atoms with Crippen LogP contribution in [0.1, 0.15) is 11.1 Å². The summed E-state index contributed by atoms with van der Waals surface area (Å²) in [6, 6.07) is 13.4. The lowest BCUT2D eigenvalue weighted by molar-refractivity contribution is 0.341. The van der Waals surface area contributed by atoms with E-state index in [-0.39, 0.29) is 0 Å². The molecule has 3 heteroatoms. The highest BCUT2D eigenvalue weighted by Gasteiger charge is 2.00. The van der Waals surface area contributed by atoms with E-state index < -0.39 is 0 Å². The number of aromatic hydroxyl groups is 1. The Bertz CT molecular complexity index is 535. The van der Waals surface area contributed by atoms with Crippen LogP contribution in [0.2, 0.25) is 0 Å². The fourth-order valence-electron chi connectivity index (χ4n) is 1.81. The van der Waals surface area contributed by atoms with Crippen LogP contribution in [-0.4, -0.2) is 17.5 Å². The molecule has 2 aromatic rings. The maximum absolute atomic E-state index is 9.20. The van der Waals surface area contributed by atoms with Gasteiger partial charge in [0.15, 0.2) is 0 Å². The lowest BCUT2D eigenvalue weighted by atomic mass is 10.1. The number of hydrogen-bond acceptors (Lipinski definition) is 3. The van der Waals surface area contributed by atoms with Crippen molar-refractivity contribution < 1.29 is 9.84 Å². The van der Waals surface area contributed by atoms with E-state index in [0.717, 1.165) is 16.4 Å². The first-order valence-corrected chi connectivity index (χ1v) is 7.25. The average molecular weight is 274 g/mol. The number of rotatable bonds is 5. The minimum absolute atomic E-state index is 0.302. The van der Waals surface area contributed by atoms with Crippen molar-refractivity contribution >= 4 is 11.8 Å². The zero-order valence-corrected chi connectivity index (χ0v) is 12.0. The van der Waals surface area contributed by atoms with Crippen molar-refractivity contribution in [3.63, 3.8) is 0 Å². The second-order valence-corrected chi connectivity index (χ2v) is 5.63. The summed E-state index contributed by atoms with van der Waals surface area (Å²) in [4.78, 5) is 1.14. The standard InChI is InChI=1S/C16H18O2S/c1-12-3-8-16(13(2)11-12)18-9-10-19-15-6-4-14(17)5-7-15/h3-8,11,17H,9-10H2,1-2H3. The van der Waals surface area contributed by atoms with E-state index in [0.29, 0.717) is 12.4 Å². The Kier molecular flexibility index (Phi) is 4.74. The molecule has 0 amide bonds. The monoisotopic (exact) mass is 274 g/mol. The molecule has 0 spiro atoms. The summed E-state index contributed by atoms with van der Waals surface area (Å²) in [7, 11) is 0. The molecule has 2 aromatic carbocycles. The van der Waals surface area contributed by atoms with Gasteiger partial charge < -0.3 is 9.84 Å². The second kappa shape index (κ2) is 6.53. The molecular weight excluding hydrogens is 256 g/mol. The number of thioether (sulfide) groups is 1. The van der Waals surface area contributed by atoms with Crippen molar-refractivity contribution in [2.75, 3.05) is 12.4 Å². The van der Waals surface area contributed by atoms with Gasteiger partial charge in [-0.25, -0.2) is 0 Å². The minimum atomic E-state index is 0.302. The zero-order chi connectivity index (χ0) is 13.7. The van der Waals surface area contributed by atoms with Gasteiger partial charge in [-0.15, -0.1) is 11.8 Å². The van der Waals surface area contributed by atoms with Gasteiger partial charge in [0.05, 0.1) is 6.61 Å². The molecule has 0 fully saturated rings. The van der Waals surface area contributed by atoms with Crippen LogP contribution in [0.4, 0.5) is 0 Å². The highest BCUT2D eigenvalue weighted by atomic mass is 32.2. The van der Waals surface area contributed by atoms with E-state index in [1.54, 1.807) is 23.9 Å². The molecule has 0 bridgehead atoms. The molecule has 0 saturated heterocycles. The van der Waals surface area contributed by atoms with Gasteiger partial charge >= 0.3 is 0 Å². The summed E-state index contributed by atoms with van der Waals surface area (Å²) in [5.41, 5.74) is 2.43. The van der Waals surface area contributed by atoms with Crippen molar-refractivity contribution in [3.8, 4) is 11.5 Å². The van der Waals surface area contributed by atoms with Gasteiger partial charge in [-0.1, -0.05) is 17.7 Å². The first-order valence-electron chi connectivity index (χ1n) is 6.27. The average Bonchev–Trinajstić information content (AvgIpc) is 2.39. The molecule has 1 N–H and O–H groups in total. The number of phenolic OH excluding ortho intramolecular Hbond substituents is 1.